The first kappa shape index (κ1) is 14.1. The molecule has 17 heavy (non-hydrogen) atoms. The molecule has 1 rings (SSSR count). The standard InChI is InChI=1S/C10H12ClN3OS2/c1-17-6-9(15)13-14-10(16)12-8-4-2-3-7(11)5-8/h2-5H,6H2,1H3,(H,13,15)(H2,12,14,16). The monoisotopic (exact) mass is 289 g/mol. The number of carbonyl (C=O) groups is 1. The Bertz CT molecular complexity index is 414. The second kappa shape index (κ2) is 7.37. The molecule has 0 saturated carbocycles. The van der Waals surface area contributed by atoms with Crippen LogP contribution in [-0.2, 0) is 4.79 Å². The molecule has 0 aliphatic carbocycles. The number of nitrogens with one attached hydrogen (secondary N) is 3. The largest absolute Gasteiger partial charge is 0.331 e. The fraction of sp³-hybridized carbons (Fsp3) is 0.200. The highest BCUT2D eigenvalue weighted by Gasteiger charge is 2.01. The quantitative estimate of drug-likeness (QED) is 0.587. The first-order valence-electron chi connectivity index (χ1n) is 4.72. The lowest BCUT2D eigenvalue weighted by molar-refractivity contribution is -0.119. The minimum atomic E-state index is -0.132. The third-order valence-corrected chi connectivity index (χ3v) is 2.66. The molecule has 92 valence electrons. The highest BCUT2D eigenvalue weighted by molar-refractivity contribution is 7.99. The molecule has 4 nitrogen and oxygen atoms in total. The summed E-state index contributed by atoms with van der Waals surface area (Å²) in [7, 11) is 0. The molecule has 0 fully saturated rings. The van der Waals surface area contributed by atoms with E-state index in [2.05, 4.69) is 16.2 Å². The van der Waals surface area contributed by atoms with Gasteiger partial charge in [-0.3, -0.25) is 15.6 Å². The summed E-state index contributed by atoms with van der Waals surface area (Å²) < 4.78 is 0. The zero-order valence-corrected chi connectivity index (χ0v) is 11.5. The van der Waals surface area contributed by atoms with E-state index >= 15 is 0 Å². The van der Waals surface area contributed by atoms with Crippen LogP contribution in [0.2, 0.25) is 5.02 Å². The van der Waals surface area contributed by atoms with Crippen molar-refractivity contribution in [2.45, 2.75) is 0 Å². The Morgan fingerprint density at radius 1 is 1.47 bits per heavy atom. The maximum atomic E-state index is 11.2. The maximum absolute atomic E-state index is 11.2. The molecule has 1 amide bonds. The molecule has 0 aromatic heterocycles. The molecule has 1 aromatic carbocycles. The molecule has 0 atom stereocenters. The number of halogens is 1. The summed E-state index contributed by atoms with van der Waals surface area (Å²) in [6, 6.07) is 7.13. The Kier molecular flexibility index (Phi) is 6.10. The summed E-state index contributed by atoms with van der Waals surface area (Å²) in [5, 5.41) is 3.82. The summed E-state index contributed by atoms with van der Waals surface area (Å²) in [6.07, 6.45) is 1.85. The van der Waals surface area contributed by atoms with Gasteiger partial charge in [-0.25, -0.2) is 0 Å². The number of carbonyl (C=O) groups excluding carboxylic acids is 1. The van der Waals surface area contributed by atoms with Crippen molar-refractivity contribution >= 4 is 52.3 Å². The van der Waals surface area contributed by atoms with Gasteiger partial charge >= 0.3 is 0 Å². The van der Waals surface area contributed by atoms with Gasteiger partial charge in [0, 0.05) is 10.7 Å². The second-order valence-corrected chi connectivity index (χ2v) is 4.78. The number of anilines is 1. The Hall–Kier alpha value is -0.980. The fourth-order valence-electron chi connectivity index (χ4n) is 1.02. The topological polar surface area (TPSA) is 53.2 Å². The van der Waals surface area contributed by atoms with E-state index < -0.39 is 0 Å². The molecule has 0 saturated heterocycles. The number of amides is 1. The van der Waals surface area contributed by atoms with Crippen LogP contribution < -0.4 is 16.2 Å². The van der Waals surface area contributed by atoms with Gasteiger partial charge in [0.2, 0.25) is 5.91 Å². The Balaban J connectivity index is 2.37. The molecular weight excluding hydrogens is 278 g/mol. The first-order chi connectivity index (χ1) is 8.11. The number of benzene rings is 1. The van der Waals surface area contributed by atoms with E-state index in [0.717, 1.165) is 5.69 Å². The molecule has 0 spiro atoms. The average molecular weight is 290 g/mol. The van der Waals surface area contributed by atoms with Crippen LogP contribution in [-0.4, -0.2) is 23.0 Å². The Morgan fingerprint density at radius 2 is 2.24 bits per heavy atom. The van der Waals surface area contributed by atoms with Crippen molar-refractivity contribution in [3.05, 3.63) is 29.3 Å². The van der Waals surface area contributed by atoms with Crippen LogP contribution in [0.3, 0.4) is 0 Å². The number of rotatable bonds is 3. The van der Waals surface area contributed by atoms with Crippen molar-refractivity contribution in [1.29, 1.82) is 0 Å². The minimum Gasteiger partial charge on any atom is -0.331 e. The van der Waals surface area contributed by atoms with E-state index in [1.54, 1.807) is 18.2 Å². The zero-order valence-electron chi connectivity index (χ0n) is 9.12. The van der Waals surface area contributed by atoms with E-state index in [1.807, 2.05) is 12.3 Å². The van der Waals surface area contributed by atoms with Gasteiger partial charge in [0.15, 0.2) is 5.11 Å². The van der Waals surface area contributed by atoms with Gasteiger partial charge in [0.25, 0.3) is 0 Å². The highest BCUT2D eigenvalue weighted by Crippen LogP contribution is 2.14. The van der Waals surface area contributed by atoms with Crippen LogP contribution in [0.5, 0.6) is 0 Å². The van der Waals surface area contributed by atoms with E-state index in [1.165, 1.54) is 11.8 Å². The van der Waals surface area contributed by atoms with Crippen LogP contribution in [0.25, 0.3) is 0 Å². The van der Waals surface area contributed by atoms with Crippen LogP contribution in [0.4, 0.5) is 5.69 Å². The summed E-state index contributed by atoms with van der Waals surface area (Å²) in [5.74, 6) is 0.250. The van der Waals surface area contributed by atoms with Crippen molar-refractivity contribution < 1.29 is 4.79 Å². The second-order valence-electron chi connectivity index (χ2n) is 3.07. The van der Waals surface area contributed by atoms with Gasteiger partial charge in [0.1, 0.15) is 0 Å². The van der Waals surface area contributed by atoms with E-state index in [-0.39, 0.29) is 5.91 Å². The van der Waals surface area contributed by atoms with Crippen molar-refractivity contribution in [2.75, 3.05) is 17.3 Å². The first-order valence-corrected chi connectivity index (χ1v) is 6.90. The fourth-order valence-corrected chi connectivity index (χ4v) is 1.72. The molecular formula is C10H12ClN3OS2. The molecule has 0 unspecified atom stereocenters. The molecule has 0 aliphatic rings. The lowest BCUT2D eigenvalue weighted by Gasteiger charge is -2.11. The Morgan fingerprint density at radius 3 is 2.88 bits per heavy atom. The zero-order chi connectivity index (χ0) is 12.7. The minimum absolute atomic E-state index is 0.132. The van der Waals surface area contributed by atoms with Crippen LogP contribution in [0, 0.1) is 0 Å². The van der Waals surface area contributed by atoms with Crippen molar-refractivity contribution in [3.63, 3.8) is 0 Å². The number of hydrazine groups is 1. The van der Waals surface area contributed by atoms with Gasteiger partial charge in [0.05, 0.1) is 5.75 Å². The molecule has 0 aliphatic heterocycles. The van der Waals surface area contributed by atoms with Gasteiger partial charge in [-0.2, -0.15) is 11.8 Å². The molecule has 0 bridgehead atoms. The predicted octanol–water partition coefficient (Wildman–Crippen LogP) is 2.02. The van der Waals surface area contributed by atoms with Gasteiger partial charge < -0.3 is 5.32 Å². The third-order valence-electron chi connectivity index (χ3n) is 1.67. The number of hydrogen-bond acceptors (Lipinski definition) is 3. The van der Waals surface area contributed by atoms with E-state index in [4.69, 9.17) is 23.8 Å². The Labute approximate surface area is 114 Å². The van der Waals surface area contributed by atoms with Gasteiger partial charge in [-0.05, 0) is 36.7 Å². The SMILES string of the molecule is CSCC(=O)NNC(=S)Nc1cccc(Cl)c1. The van der Waals surface area contributed by atoms with Crippen molar-refractivity contribution in [1.82, 2.24) is 10.9 Å². The molecule has 0 radical (unpaired) electrons. The molecule has 0 heterocycles. The lowest BCUT2D eigenvalue weighted by Crippen LogP contribution is -2.44. The summed E-state index contributed by atoms with van der Waals surface area (Å²) in [6.45, 7) is 0. The summed E-state index contributed by atoms with van der Waals surface area (Å²) in [4.78, 5) is 11.2. The molecule has 3 N–H and O–H groups in total. The van der Waals surface area contributed by atoms with Crippen LogP contribution in [0.1, 0.15) is 0 Å². The third kappa shape index (κ3) is 5.76. The predicted molar refractivity (Wildman–Crippen MR) is 77.3 cm³/mol. The van der Waals surface area contributed by atoms with E-state index in [9.17, 15) is 4.79 Å². The van der Waals surface area contributed by atoms with E-state index in [0.29, 0.717) is 15.9 Å². The van der Waals surface area contributed by atoms with Crippen LogP contribution in [0.15, 0.2) is 24.3 Å². The van der Waals surface area contributed by atoms with Crippen molar-refractivity contribution in [2.24, 2.45) is 0 Å². The number of thioether (sulfide) groups is 1. The summed E-state index contributed by atoms with van der Waals surface area (Å²) in [5.41, 5.74) is 5.83. The lowest BCUT2D eigenvalue weighted by atomic mass is 10.3. The van der Waals surface area contributed by atoms with Gasteiger partial charge in [-0.1, -0.05) is 17.7 Å². The number of hydrogen-bond donors (Lipinski definition) is 3. The molecule has 7 heteroatoms. The average Bonchev–Trinajstić information content (AvgIpc) is 2.27. The number of thiocarbonyl (C=S) groups is 1. The van der Waals surface area contributed by atoms with Crippen molar-refractivity contribution in [3.8, 4) is 0 Å². The normalized spacial score (nSPS) is 9.53. The molecule has 1 aromatic rings. The summed E-state index contributed by atoms with van der Waals surface area (Å²) >= 11 is 12.3. The van der Waals surface area contributed by atoms with Gasteiger partial charge in [-0.15, -0.1) is 0 Å². The smallest absolute Gasteiger partial charge is 0.248 e. The van der Waals surface area contributed by atoms with Crippen LogP contribution >= 0.6 is 35.6 Å². The maximum Gasteiger partial charge on any atom is 0.248 e. The highest BCUT2D eigenvalue weighted by atomic mass is 35.5.